The molecule has 1 aromatic carbocycles. The van der Waals surface area contributed by atoms with Gasteiger partial charge in [0.05, 0.1) is 16.8 Å². The Balaban J connectivity index is 0.000000970. The van der Waals surface area contributed by atoms with Gasteiger partial charge in [-0.3, -0.25) is 9.78 Å². The van der Waals surface area contributed by atoms with Gasteiger partial charge in [0.25, 0.3) is 0 Å². The highest BCUT2D eigenvalue weighted by molar-refractivity contribution is 9.10. The van der Waals surface area contributed by atoms with E-state index in [9.17, 15) is 4.79 Å². The van der Waals surface area contributed by atoms with Gasteiger partial charge < -0.3 is 10.2 Å². The lowest BCUT2D eigenvalue weighted by Crippen LogP contribution is -2.29. The van der Waals surface area contributed by atoms with Gasteiger partial charge in [-0.15, -0.1) is 0 Å². The molecule has 0 spiro atoms. The Hall–Kier alpha value is -1.46. The van der Waals surface area contributed by atoms with Crippen LogP contribution in [0, 0.1) is 0 Å². The average molecular weight is 408 g/mol. The smallest absolute Gasteiger partial charge is 0.163 e. The summed E-state index contributed by atoms with van der Waals surface area (Å²) in [6.07, 6.45) is 2.91. The number of nitrogens with zero attached hydrogens (tertiary/aromatic N) is 2. The molecule has 0 fully saturated rings. The van der Waals surface area contributed by atoms with E-state index >= 15 is 0 Å². The number of carbonyl (C=O) groups is 1. The van der Waals surface area contributed by atoms with Gasteiger partial charge in [-0.2, -0.15) is 0 Å². The lowest BCUT2D eigenvalue weighted by molar-refractivity contribution is 0.101. The third-order valence-electron chi connectivity index (χ3n) is 3.83. The van der Waals surface area contributed by atoms with E-state index in [2.05, 4.69) is 58.8 Å². The van der Waals surface area contributed by atoms with Gasteiger partial charge >= 0.3 is 0 Å². The summed E-state index contributed by atoms with van der Waals surface area (Å²) in [4.78, 5) is 18.6. The van der Waals surface area contributed by atoms with Crippen LogP contribution in [0.15, 0.2) is 28.9 Å². The van der Waals surface area contributed by atoms with Crippen LogP contribution in [0.2, 0.25) is 0 Å². The SMILES string of the molecule is CCC.CCN(CC)CCNc1c(C(C)=O)cnc2ccc(Br)cc12. The van der Waals surface area contributed by atoms with Crippen molar-refractivity contribution < 1.29 is 4.79 Å². The number of hydrogen-bond acceptors (Lipinski definition) is 4. The molecule has 25 heavy (non-hydrogen) atoms. The van der Waals surface area contributed by atoms with E-state index in [0.717, 1.165) is 47.2 Å². The third kappa shape index (κ3) is 6.40. The quantitative estimate of drug-likeness (QED) is 0.626. The average Bonchev–Trinajstić information content (AvgIpc) is 2.59. The zero-order chi connectivity index (χ0) is 18.8. The number of ketones is 1. The summed E-state index contributed by atoms with van der Waals surface area (Å²) >= 11 is 3.49. The Kier molecular flexibility index (Phi) is 9.68. The van der Waals surface area contributed by atoms with Gasteiger partial charge in [0, 0.05) is 29.1 Å². The van der Waals surface area contributed by atoms with E-state index in [4.69, 9.17) is 0 Å². The number of hydrogen-bond donors (Lipinski definition) is 1. The number of likely N-dealkylation sites (N-methyl/N-ethyl adjacent to an activating group) is 1. The maximum atomic E-state index is 11.9. The first-order valence-electron chi connectivity index (χ1n) is 9.03. The van der Waals surface area contributed by atoms with Crippen molar-refractivity contribution >= 4 is 38.3 Å². The Morgan fingerprint density at radius 1 is 1.20 bits per heavy atom. The second kappa shape index (κ2) is 11.2. The standard InChI is InChI=1S/C17H22BrN3O.C3H8/c1-4-21(5-2)9-8-19-17-14-10-13(18)6-7-16(14)20-11-15(17)12(3)22;1-3-2/h6-7,10-11H,4-5,8-9H2,1-3H3,(H,19,20);3H2,1-2H3. The van der Waals surface area contributed by atoms with Crippen LogP contribution in [0.1, 0.15) is 51.4 Å². The van der Waals surface area contributed by atoms with Crippen LogP contribution >= 0.6 is 15.9 Å². The molecular weight excluding hydrogens is 378 g/mol. The van der Waals surface area contributed by atoms with E-state index in [1.165, 1.54) is 6.42 Å². The van der Waals surface area contributed by atoms with Gasteiger partial charge in [0.2, 0.25) is 0 Å². The van der Waals surface area contributed by atoms with Crippen LogP contribution in [0.25, 0.3) is 10.9 Å². The lowest BCUT2D eigenvalue weighted by Gasteiger charge is -2.20. The summed E-state index contributed by atoms with van der Waals surface area (Å²) in [6.45, 7) is 13.9. The first-order chi connectivity index (χ1) is 12.0. The van der Waals surface area contributed by atoms with Crippen LogP contribution in [0.4, 0.5) is 5.69 Å². The highest BCUT2D eigenvalue weighted by atomic mass is 79.9. The highest BCUT2D eigenvalue weighted by Gasteiger charge is 2.13. The third-order valence-corrected chi connectivity index (χ3v) is 4.33. The predicted octanol–water partition coefficient (Wildman–Crippen LogP) is 5.37. The van der Waals surface area contributed by atoms with Gasteiger partial charge in [0.1, 0.15) is 0 Å². The van der Waals surface area contributed by atoms with E-state index in [0.29, 0.717) is 5.56 Å². The summed E-state index contributed by atoms with van der Waals surface area (Å²) in [6, 6.07) is 5.93. The first kappa shape index (κ1) is 21.6. The monoisotopic (exact) mass is 407 g/mol. The second-order valence-electron chi connectivity index (χ2n) is 5.93. The van der Waals surface area contributed by atoms with E-state index in [-0.39, 0.29) is 5.78 Å². The number of nitrogens with one attached hydrogen (secondary N) is 1. The molecular formula is C20H30BrN3O. The minimum atomic E-state index is 0.0275. The van der Waals surface area contributed by atoms with Crippen molar-refractivity contribution in [3.05, 3.63) is 34.4 Å². The van der Waals surface area contributed by atoms with E-state index < -0.39 is 0 Å². The minimum Gasteiger partial charge on any atom is -0.383 e. The van der Waals surface area contributed by atoms with Crippen LogP contribution < -0.4 is 5.32 Å². The van der Waals surface area contributed by atoms with Crippen molar-refractivity contribution in [3.63, 3.8) is 0 Å². The number of pyridine rings is 1. The fourth-order valence-corrected chi connectivity index (χ4v) is 2.86. The zero-order valence-corrected chi connectivity index (χ0v) is 17.6. The van der Waals surface area contributed by atoms with Crippen molar-refractivity contribution in [2.45, 2.75) is 41.0 Å². The van der Waals surface area contributed by atoms with Crippen LogP contribution in [-0.2, 0) is 0 Å². The number of anilines is 1. The fourth-order valence-electron chi connectivity index (χ4n) is 2.50. The summed E-state index contributed by atoms with van der Waals surface area (Å²) in [5, 5.41) is 4.41. The molecule has 138 valence electrons. The van der Waals surface area contributed by atoms with Crippen molar-refractivity contribution in [2.24, 2.45) is 0 Å². The minimum absolute atomic E-state index is 0.0275. The molecule has 0 aliphatic heterocycles. The van der Waals surface area contributed by atoms with Crippen molar-refractivity contribution in [1.82, 2.24) is 9.88 Å². The van der Waals surface area contributed by atoms with Crippen LogP contribution in [0.5, 0.6) is 0 Å². The number of Topliss-reactive ketones (excluding diaryl/α,β-unsaturated/α-hetero) is 1. The van der Waals surface area contributed by atoms with E-state index in [1.807, 2.05) is 18.2 Å². The molecule has 2 rings (SSSR count). The Labute approximate surface area is 160 Å². The van der Waals surface area contributed by atoms with Crippen LogP contribution in [-0.4, -0.2) is 41.8 Å². The maximum Gasteiger partial charge on any atom is 0.163 e. The molecule has 0 aliphatic carbocycles. The largest absolute Gasteiger partial charge is 0.383 e. The number of halogens is 1. The van der Waals surface area contributed by atoms with Gasteiger partial charge in [-0.05, 0) is 38.2 Å². The number of aromatic nitrogens is 1. The molecule has 0 saturated heterocycles. The summed E-state index contributed by atoms with van der Waals surface area (Å²) < 4.78 is 0.981. The molecule has 0 radical (unpaired) electrons. The molecule has 0 unspecified atom stereocenters. The Morgan fingerprint density at radius 3 is 2.40 bits per heavy atom. The number of carbonyl (C=O) groups excluding carboxylic acids is 1. The van der Waals surface area contributed by atoms with Gasteiger partial charge in [-0.25, -0.2) is 0 Å². The summed E-state index contributed by atoms with van der Waals surface area (Å²) in [5.74, 6) is 0.0275. The second-order valence-corrected chi connectivity index (χ2v) is 6.84. The number of rotatable bonds is 7. The number of benzene rings is 1. The molecule has 0 bridgehead atoms. The topological polar surface area (TPSA) is 45.2 Å². The molecule has 2 aromatic rings. The first-order valence-corrected chi connectivity index (χ1v) is 9.83. The normalized spacial score (nSPS) is 10.5. The molecule has 1 N–H and O–H groups in total. The van der Waals surface area contributed by atoms with Gasteiger partial charge in [-0.1, -0.05) is 50.0 Å². The van der Waals surface area contributed by atoms with E-state index in [1.54, 1.807) is 13.1 Å². The molecule has 5 heteroatoms. The molecule has 1 heterocycles. The Morgan fingerprint density at radius 2 is 1.84 bits per heavy atom. The fraction of sp³-hybridized carbons (Fsp3) is 0.500. The summed E-state index contributed by atoms with van der Waals surface area (Å²) in [5.41, 5.74) is 2.41. The maximum absolute atomic E-state index is 11.9. The van der Waals surface area contributed by atoms with Crippen molar-refractivity contribution in [3.8, 4) is 0 Å². The summed E-state index contributed by atoms with van der Waals surface area (Å²) in [7, 11) is 0. The molecule has 0 amide bonds. The lowest BCUT2D eigenvalue weighted by atomic mass is 10.1. The van der Waals surface area contributed by atoms with Crippen molar-refractivity contribution in [1.29, 1.82) is 0 Å². The Bertz CT molecular complexity index is 684. The van der Waals surface area contributed by atoms with Crippen molar-refractivity contribution in [2.75, 3.05) is 31.5 Å². The molecule has 1 aromatic heterocycles. The molecule has 4 nitrogen and oxygen atoms in total. The predicted molar refractivity (Wildman–Crippen MR) is 112 cm³/mol. The molecule has 0 aliphatic rings. The molecule has 0 atom stereocenters. The van der Waals surface area contributed by atoms with Crippen LogP contribution in [0.3, 0.4) is 0 Å². The zero-order valence-electron chi connectivity index (χ0n) is 16.0. The van der Waals surface area contributed by atoms with Gasteiger partial charge in [0.15, 0.2) is 5.78 Å². The highest BCUT2D eigenvalue weighted by Crippen LogP contribution is 2.28. The molecule has 0 saturated carbocycles. The number of fused-ring (bicyclic) bond motifs is 1.